The van der Waals surface area contributed by atoms with Crippen LogP contribution in [0.5, 0.6) is 0 Å². The van der Waals surface area contributed by atoms with E-state index in [2.05, 4.69) is 152 Å². The van der Waals surface area contributed by atoms with Crippen molar-refractivity contribution in [1.29, 1.82) is 0 Å². The summed E-state index contributed by atoms with van der Waals surface area (Å²) in [5, 5.41) is 5.73. The van der Waals surface area contributed by atoms with Crippen molar-refractivity contribution >= 4 is 54.6 Å². The number of nitrogens with zero attached hydrogens (tertiary/aromatic N) is 3. The zero-order valence-corrected chi connectivity index (χ0v) is 28.2. The van der Waals surface area contributed by atoms with Crippen LogP contribution in [-0.4, -0.2) is 14.5 Å². The minimum Gasteiger partial charge on any atom is -0.456 e. The lowest BCUT2D eigenvalue weighted by Gasteiger charge is -2.22. The third-order valence-corrected chi connectivity index (χ3v) is 11.0. The van der Waals surface area contributed by atoms with Crippen molar-refractivity contribution in [3.63, 3.8) is 0 Å². The van der Waals surface area contributed by atoms with Gasteiger partial charge in [-0.2, -0.15) is 0 Å². The summed E-state index contributed by atoms with van der Waals surface area (Å²) in [4.78, 5) is 10.4. The molecule has 0 bridgehead atoms. The van der Waals surface area contributed by atoms with Crippen molar-refractivity contribution in [3.05, 3.63) is 163 Å². The van der Waals surface area contributed by atoms with E-state index in [0.29, 0.717) is 5.95 Å². The number of furan rings is 1. The Morgan fingerprint density at radius 3 is 2.04 bits per heavy atom. The molecule has 4 heteroatoms. The first-order chi connectivity index (χ1) is 25.0. The van der Waals surface area contributed by atoms with Gasteiger partial charge < -0.3 is 4.42 Å². The predicted molar refractivity (Wildman–Crippen MR) is 210 cm³/mol. The molecule has 0 spiro atoms. The van der Waals surface area contributed by atoms with Gasteiger partial charge >= 0.3 is 0 Å². The summed E-state index contributed by atoms with van der Waals surface area (Å²) < 4.78 is 8.53. The van der Waals surface area contributed by atoms with Gasteiger partial charge in [-0.15, -0.1) is 0 Å². The van der Waals surface area contributed by atoms with Crippen molar-refractivity contribution in [2.24, 2.45) is 0 Å². The van der Waals surface area contributed by atoms with Gasteiger partial charge in [-0.05, 0) is 81.9 Å². The number of fused-ring (bicyclic) bond motifs is 10. The average molecular weight is 654 g/mol. The van der Waals surface area contributed by atoms with E-state index in [0.717, 1.165) is 49.7 Å². The summed E-state index contributed by atoms with van der Waals surface area (Å²) >= 11 is 0. The molecule has 4 nitrogen and oxygen atoms in total. The van der Waals surface area contributed by atoms with E-state index < -0.39 is 0 Å². The summed E-state index contributed by atoms with van der Waals surface area (Å²) in [5.74, 6) is 0.669. The third-order valence-electron chi connectivity index (χ3n) is 11.0. The van der Waals surface area contributed by atoms with E-state index >= 15 is 0 Å². The Morgan fingerprint density at radius 1 is 0.471 bits per heavy atom. The zero-order chi connectivity index (χ0) is 33.8. The van der Waals surface area contributed by atoms with Crippen molar-refractivity contribution in [2.75, 3.05) is 0 Å². The molecule has 0 aliphatic heterocycles. The molecule has 240 valence electrons. The van der Waals surface area contributed by atoms with Crippen LogP contribution in [0.2, 0.25) is 0 Å². The van der Waals surface area contributed by atoms with Crippen molar-refractivity contribution in [2.45, 2.75) is 19.3 Å². The van der Waals surface area contributed by atoms with Crippen LogP contribution in [-0.2, 0) is 5.41 Å². The van der Waals surface area contributed by atoms with Crippen LogP contribution in [0.25, 0.3) is 94.1 Å². The molecule has 1 aliphatic rings. The number of para-hydroxylation sites is 3. The Hall–Kier alpha value is -6.52. The number of aromatic nitrogens is 3. The van der Waals surface area contributed by atoms with Crippen molar-refractivity contribution < 1.29 is 4.42 Å². The smallest absolute Gasteiger partial charge is 0.235 e. The number of rotatable bonds is 3. The first kappa shape index (κ1) is 28.3. The standard InChI is InChI=1S/C47H31N3O/c1-47(2)38-25-30(20-22-31(38)35-26-37-33-15-8-11-19-43(33)51-44(37)27-39(35)47)29-21-23-42-36(24-29)32-14-7-10-18-41(32)50(42)46-48-40-17-9-6-16-34(40)45(49-46)28-12-4-3-5-13-28/h3-27H,1-2H3. The summed E-state index contributed by atoms with van der Waals surface area (Å²) in [7, 11) is 0. The van der Waals surface area contributed by atoms with Crippen LogP contribution in [0, 0.1) is 0 Å². The minimum atomic E-state index is -0.169. The highest BCUT2D eigenvalue weighted by Crippen LogP contribution is 2.52. The number of benzene rings is 7. The molecule has 0 saturated carbocycles. The molecule has 0 atom stereocenters. The Labute approximate surface area is 294 Å². The molecular weight excluding hydrogens is 623 g/mol. The Balaban J connectivity index is 1.08. The van der Waals surface area contributed by atoms with Crippen LogP contribution in [0.3, 0.4) is 0 Å². The van der Waals surface area contributed by atoms with Gasteiger partial charge in [0.05, 0.1) is 22.2 Å². The van der Waals surface area contributed by atoms with Crippen LogP contribution in [0.4, 0.5) is 0 Å². The molecule has 0 radical (unpaired) electrons. The SMILES string of the molecule is CC1(C)c2cc(-c3ccc4c(c3)c3ccccc3n4-c3nc(-c4ccccc4)c4ccccc4n3)ccc2-c2cc3c(cc21)oc1ccccc13. The Bertz CT molecular complexity index is 3060. The molecule has 0 unspecified atom stereocenters. The zero-order valence-electron chi connectivity index (χ0n) is 28.2. The van der Waals surface area contributed by atoms with Gasteiger partial charge in [-0.25, -0.2) is 9.97 Å². The lowest BCUT2D eigenvalue weighted by molar-refractivity contribution is 0.647. The van der Waals surface area contributed by atoms with Gasteiger partial charge in [0.15, 0.2) is 0 Å². The third kappa shape index (κ3) is 4.02. The topological polar surface area (TPSA) is 43.9 Å². The fourth-order valence-corrected chi connectivity index (χ4v) is 8.48. The van der Waals surface area contributed by atoms with Gasteiger partial charge in [0.2, 0.25) is 5.95 Å². The number of hydrogen-bond donors (Lipinski definition) is 0. The van der Waals surface area contributed by atoms with E-state index in [1.807, 2.05) is 18.2 Å². The fraction of sp³-hybridized carbons (Fsp3) is 0.0638. The van der Waals surface area contributed by atoms with E-state index in [1.54, 1.807) is 0 Å². The Morgan fingerprint density at radius 2 is 1.16 bits per heavy atom. The second-order valence-corrected chi connectivity index (χ2v) is 14.2. The lowest BCUT2D eigenvalue weighted by Crippen LogP contribution is -2.15. The highest BCUT2D eigenvalue weighted by Gasteiger charge is 2.36. The largest absolute Gasteiger partial charge is 0.456 e. The summed E-state index contributed by atoms with van der Waals surface area (Å²) in [6, 6.07) is 54.0. The van der Waals surface area contributed by atoms with Crippen molar-refractivity contribution in [3.8, 4) is 39.5 Å². The molecule has 0 amide bonds. The summed E-state index contributed by atoms with van der Waals surface area (Å²) in [6.45, 7) is 4.67. The number of hydrogen-bond acceptors (Lipinski definition) is 3. The maximum Gasteiger partial charge on any atom is 0.235 e. The minimum absolute atomic E-state index is 0.169. The maximum absolute atomic E-state index is 6.31. The molecule has 1 aliphatic carbocycles. The van der Waals surface area contributed by atoms with Gasteiger partial charge in [0.25, 0.3) is 0 Å². The van der Waals surface area contributed by atoms with Gasteiger partial charge in [-0.3, -0.25) is 4.57 Å². The quantitative estimate of drug-likeness (QED) is 0.191. The lowest BCUT2D eigenvalue weighted by atomic mass is 9.81. The van der Waals surface area contributed by atoms with Gasteiger partial charge in [-0.1, -0.05) is 117 Å². The maximum atomic E-state index is 6.31. The highest BCUT2D eigenvalue weighted by atomic mass is 16.3. The monoisotopic (exact) mass is 653 g/mol. The molecule has 7 aromatic carbocycles. The predicted octanol–water partition coefficient (Wildman–Crippen LogP) is 12.3. The molecule has 0 saturated heterocycles. The van der Waals surface area contributed by atoms with Crippen LogP contribution in [0.1, 0.15) is 25.0 Å². The first-order valence-electron chi connectivity index (χ1n) is 17.5. The van der Waals surface area contributed by atoms with Crippen LogP contribution >= 0.6 is 0 Å². The molecule has 51 heavy (non-hydrogen) atoms. The van der Waals surface area contributed by atoms with E-state index in [-0.39, 0.29) is 5.41 Å². The second-order valence-electron chi connectivity index (χ2n) is 14.2. The van der Waals surface area contributed by atoms with E-state index in [4.69, 9.17) is 14.4 Å². The van der Waals surface area contributed by atoms with Crippen LogP contribution < -0.4 is 0 Å². The molecule has 10 aromatic rings. The Kier molecular flexibility index (Phi) is 5.70. The molecule has 11 rings (SSSR count). The summed E-state index contributed by atoms with van der Waals surface area (Å²) in [6.07, 6.45) is 0. The van der Waals surface area contributed by atoms with Gasteiger partial charge in [0, 0.05) is 37.9 Å². The first-order valence-corrected chi connectivity index (χ1v) is 17.5. The highest BCUT2D eigenvalue weighted by molar-refractivity contribution is 6.11. The second kappa shape index (κ2) is 10.3. The molecule has 3 heterocycles. The molecule has 0 N–H and O–H groups in total. The van der Waals surface area contributed by atoms with E-state index in [1.165, 1.54) is 49.5 Å². The average Bonchev–Trinajstić information content (AvgIpc) is 3.78. The fourth-order valence-electron chi connectivity index (χ4n) is 8.48. The normalized spacial score (nSPS) is 13.5. The molecular formula is C47H31N3O. The van der Waals surface area contributed by atoms with Crippen LogP contribution in [0.15, 0.2) is 156 Å². The van der Waals surface area contributed by atoms with Gasteiger partial charge in [0.1, 0.15) is 11.2 Å². The van der Waals surface area contributed by atoms with Crippen molar-refractivity contribution in [1.82, 2.24) is 14.5 Å². The summed E-state index contributed by atoms with van der Waals surface area (Å²) in [5.41, 5.74) is 14.4. The molecule has 0 fully saturated rings. The molecule has 3 aromatic heterocycles. The van der Waals surface area contributed by atoms with E-state index in [9.17, 15) is 0 Å².